The Bertz CT molecular complexity index is 288. The maximum Gasteiger partial charge on any atom is 0.0701 e. The lowest BCUT2D eigenvalue weighted by Gasteiger charge is -2.19. The normalized spacial score (nSPS) is 11.2. The second kappa shape index (κ2) is 8.23. The number of rotatable bonds is 8. The van der Waals surface area contributed by atoms with Gasteiger partial charge in [0.15, 0.2) is 0 Å². The smallest absolute Gasteiger partial charge is 0.0701 e. The van der Waals surface area contributed by atoms with Crippen LogP contribution in [-0.2, 0) is 6.54 Å². The Morgan fingerprint density at radius 1 is 1.38 bits per heavy atom. The highest BCUT2D eigenvalue weighted by molar-refractivity contribution is 9.11. The molecule has 4 heteroatoms. The molecule has 0 fully saturated rings. The zero-order chi connectivity index (χ0) is 11.8. The van der Waals surface area contributed by atoms with E-state index in [1.54, 1.807) is 11.3 Å². The van der Waals surface area contributed by atoms with Gasteiger partial charge in [0.1, 0.15) is 0 Å². The van der Waals surface area contributed by atoms with Crippen LogP contribution in [0.15, 0.2) is 15.2 Å². The molecule has 16 heavy (non-hydrogen) atoms. The van der Waals surface area contributed by atoms with Gasteiger partial charge in [0, 0.05) is 19.6 Å². The van der Waals surface area contributed by atoms with Crippen LogP contribution >= 0.6 is 27.3 Å². The third kappa shape index (κ3) is 5.43. The Labute approximate surface area is 111 Å². The van der Waals surface area contributed by atoms with Gasteiger partial charge in [-0.3, -0.25) is 0 Å². The summed E-state index contributed by atoms with van der Waals surface area (Å²) in [5.74, 6) is 0. The van der Waals surface area contributed by atoms with Crippen molar-refractivity contribution in [2.75, 3.05) is 26.2 Å². The molecule has 0 aliphatic rings. The maximum absolute atomic E-state index is 3.48. The molecular formula is C12H21BrN2S. The van der Waals surface area contributed by atoms with Gasteiger partial charge in [-0.05, 0) is 52.5 Å². The van der Waals surface area contributed by atoms with Crippen molar-refractivity contribution >= 4 is 27.3 Å². The van der Waals surface area contributed by atoms with Gasteiger partial charge in [-0.25, -0.2) is 0 Å². The molecule has 1 heterocycles. The topological polar surface area (TPSA) is 15.3 Å². The molecule has 1 aromatic heterocycles. The number of likely N-dealkylation sites (N-methyl/N-ethyl adjacent to an activating group) is 1. The SMILES string of the molecule is CCCN(CC)CCNCc1csc(Br)c1. The van der Waals surface area contributed by atoms with Gasteiger partial charge in [-0.15, -0.1) is 11.3 Å². The standard InChI is InChI=1S/C12H21BrN2S/c1-3-6-15(4-2)7-5-14-9-11-8-12(13)16-10-11/h8,10,14H,3-7,9H2,1-2H3. The van der Waals surface area contributed by atoms with E-state index in [1.165, 1.54) is 22.3 Å². The van der Waals surface area contributed by atoms with Gasteiger partial charge >= 0.3 is 0 Å². The molecule has 0 unspecified atom stereocenters. The lowest BCUT2D eigenvalue weighted by Crippen LogP contribution is -2.32. The van der Waals surface area contributed by atoms with Crippen molar-refractivity contribution in [3.63, 3.8) is 0 Å². The van der Waals surface area contributed by atoms with Crippen molar-refractivity contribution in [2.24, 2.45) is 0 Å². The Hall–Kier alpha value is 0.100. The van der Waals surface area contributed by atoms with Gasteiger partial charge in [0.05, 0.1) is 3.79 Å². The highest BCUT2D eigenvalue weighted by Crippen LogP contribution is 2.20. The van der Waals surface area contributed by atoms with Gasteiger partial charge in [-0.2, -0.15) is 0 Å². The molecule has 92 valence electrons. The summed E-state index contributed by atoms with van der Waals surface area (Å²) >= 11 is 5.23. The first-order valence-corrected chi connectivity index (χ1v) is 7.59. The molecule has 1 rings (SSSR count). The van der Waals surface area contributed by atoms with Crippen LogP contribution in [0.3, 0.4) is 0 Å². The molecule has 0 saturated heterocycles. The summed E-state index contributed by atoms with van der Waals surface area (Å²) < 4.78 is 1.21. The lowest BCUT2D eigenvalue weighted by atomic mass is 10.3. The van der Waals surface area contributed by atoms with E-state index in [0.29, 0.717) is 0 Å². The fourth-order valence-electron chi connectivity index (χ4n) is 1.65. The predicted octanol–water partition coefficient (Wildman–Crippen LogP) is 3.33. The van der Waals surface area contributed by atoms with Crippen molar-refractivity contribution in [3.8, 4) is 0 Å². The van der Waals surface area contributed by atoms with Crippen molar-refractivity contribution in [1.82, 2.24) is 10.2 Å². The molecule has 0 amide bonds. The van der Waals surface area contributed by atoms with E-state index in [2.05, 4.69) is 51.4 Å². The number of hydrogen-bond acceptors (Lipinski definition) is 3. The first-order chi connectivity index (χ1) is 7.76. The van der Waals surface area contributed by atoms with Crippen LogP contribution in [0.25, 0.3) is 0 Å². The molecule has 0 saturated carbocycles. The van der Waals surface area contributed by atoms with Crippen LogP contribution in [0.5, 0.6) is 0 Å². The minimum Gasteiger partial charge on any atom is -0.311 e. The van der Waals surface area contributed by atoms with Crippen molar-refractivity contribution in [3.05, 3.63) is 20.8 Å². The summed E-state index contributed by atoms with van der Waals surface area (Å²) in [6, 6.07) is 2.18. The molecule has 2 nitrogen and oxygen atoms in total. The summed E-state index contributed by atoms with van der Waals surface area (Å²) in [6.45, 7) is 10.0. The fourth-order valence-corrected chi connectivity index (χ4v) is 2.86. The second-order valence-corrected chi connectivity index (χ2v) is 6.16. The average Bonchev–Trinajstić information content (AvgIpc) is 2.69. The third-order valence-corrected chi connectivity index (χ3v) is 4.10. The van der Waals surface area contributed by atoms with E-state index >= 15 is 0 Å². The van der Waals surface area contributed by atoms with Gasteiger partial charge in [0.25, 0.3) is 0 Å². The Morgan fingerprint density at radius 2 is 2.19 bits per heavy atom. The van der Waals surface area contributed by atoms with Crippen molar-refractivity contribution < 1.29 is 0 Å². The Morgan fingerprint density at radius 3 is 2.75 bits per heavy atom. The minimum atomic E-state index is 0.978. The van der Waals surface area contributed by atoms with E-state index in [1.807, 2.05) is 0 Å². The summed E-state index contributed by atoms with van der Waals surface area (Å²) in [5, 5.41) is 5.68. The number of halogens is 1. The van der Waals surface area contributed by atoms with E-state index < -0.39 is 0 Å². The Balaban J connectivity index is 2.11. The molecular weight excluding hydrogens is 284 g/mol. The molecule has 0 atom stereocenters. The summed E-state index contributed by atoms with van der Waals surface area (Å²) in [4.78, 5) is 2.48. The number of nitrogens with one attached hydrogen (secondary N) is 1. The van der Waals surface area contributed by atoms with Gasteiger partial charge in [-0.1, -0.05) is 13.8 Å². The summed E-state index contributed by atoms with van der Waals surface area (Å²) in [6.07, 6.45) is 1.24. The molecule has 0 aliphatic heterocycles. The molecule has 0 aromatic carbocycles. The lowest BCUT2D eigenvalue weighted by molar-refractivity contribution is 0.287. The maximum atomic E-state index is 3.48. The second-order valence-electron chi connectivity index (χ2n) is 3.87. The zero-order valence-corrected chi connectivity index (χ0v) is 12.5. The van der Waals surface area contributed by atoms with E-state index in [0.717, 1.165) is 26.2 Å². The average molecular weight is 305 g/mol. The van der Waals surface area contributed by atoms with Crippen LogP contribution in [-0.4, -0.2) is 31.1 Å². The first kappa shape index (κ1) is 14.2. The summed E-state index contributed by atoms with van der Waals surface area (Å²) in [5.41, 5.74) is 1.37. The zero-order valence-electron chi connectivity index (χ0n) is 10.1. The van der Waals surface area contributed by atoms with E-state index in [9.17, 15) is 0 Å². The van der Waals surface area contributed by atoms with E-state index in [4.69, 9.17) is 0 Å². The Kier molecular flexibility index (Phi) is 7.28. The molecule has 0 aliphatic carbocycles. The number of nitrogens with zero attached hydrogens (tertiary/aromatic N) is 1. The van der Waals surface area contributed by atoms with E-state index in [-0.39, 0.29) is 0 Å². The fraction of sp³-hybridized carbons (Fsp3) is 0.667. The van der Waals surface area contributed by atoms with Crippen molar-refractivity contribution in [1.29, 1.82) is 0 Å². The van der Waals surface area contributed by atoms with Crippen molar-refractivity contribution in [2.45, 2.75) is 26.8 Å². The first-order valence-electron chi connectivity index (χ1n) is 5.92. The van der Waals surface area contributed by atoms with Crippen LogP contribution in [0.1, 0.15) is 25.8 Å². The van der Waals surface area contributed by atoms with Crippen LogP contribution in [0.4, 0.5) is 0 Å². The molecule has 0 spiro atoms. The highest BCUT2D eigenvalue weighted by atomic mass is 79.9. The molecule has 1 N–H and O–H groups in total. The monoisotopic (exact) mass is 304 g/mol. The predicted molar refractivity (Wildman–Crippen MR) is 76.1 cm³/mol. The summed E-state index contributed by atoms with van der Waals surface area (Å²) in [7, 11) is 0. The number of thiophene rings is 1. The largest absolute Gasteiger partial charge is 0.311 e. The highest BCUT2D eigenvalue weighted by Gasteiger charge is 2.00. The minimum absolute atomic E-state index is 0.978. The molecule has 0 bridgehead atoms. The van der Waals surface area contributed by atoms with Gasteiger partial charge in [0.2, 0.25) is 0 Å². The van der Waals surface area contributed by atoms with Crippen LogP contribution < -0.4 is 5.32 Å². The molecule has 0 radical (unpaired) electrons. The quantitative estimate of drug-likeness (QED) is 0.741. The van der Waals surface area contributed by atoms with Crippen LogP contribution in [0, 0.1) is 0 Å². The van der Waals surface area contributed by atoms with Crippen LogP contribution in [0.2, 0.25) is 0 Å². The number of hydrogen-bond donors (Lipinski definition) is 1. The molecule has 1 aromatic rings. The van der Waals surface area contributed by atoms with Gasteiger partial charge < -0.3 is 10.2 Å². The third-order valence-electron chi connectivity index (χ3n) is 2.54.